The summed E-state index contributed by atoms with van der Waals surface area (Å²) in [4.78, 5) is 13.6. The van der Waals surface area contributed by atoms with Crippen molar-refractivity contribution in [1.82, 2.24) is 10.2 Å². The summed E-state index contributed by atoms with van der Waals surface area (Å²) in [6, 6.07) is 3.83. The second kappa shape index (κ2) is 9.49. The largest absolute Gasteiger partial charge is 0.487 e. The van der Waals surface area contributed by atoms with Crippen LogP contribution < -0.4 is 10.1 Å². The minimum atomic E-state index is -0.632. The van der Waals surface area contributed by atoms with E-state index >= 15 is 0 Å². The summed E-state index contributed by atoms with van der Waals surface area (Å²) in [6.45, 7) is 4.58. The Hall–Kier alpha value is -1.69. The van der Waals surface area contributed by atoms with Crippen molar-refractivity contribution < 1.29 is 18.3 Å². The molecule has 3 rings (SSSR count). The number of benzene rings is 1. The number of carbonyl (C=O) groups excluding carboxylic acids is 1. The van der Waals surface area contributed by atoms with Crippen LogP contribution in [0.1, 0.15) is 51.9 Å². The van der Waals surface area contributed by atoms with Crippen LogP contribution in [0, 0.1) is 17.6 Å². The van der Waals surface area contributed by atoms with Crippen LogP contribution in [-0.4, -0.2) is 42.6 Å². The third-order valence-electron chi connectivity index (χ3n) is 5.83. The molecule has 27 heavy (non-hydrogen) atoms. The number of likely N-dealkylation sites (tertiary alicyclic amines) is 1. The Bertz CT molecular complexity index is 625. The normalized spacial score (nSPS) is 24.6. The van der Waals surface area contributed by atoms with Crippen LogP contribution in [0.25, 0.3) is 0 Å². The molecule has 1 saturated carbocycles. The van der Waals surface area contributed by atoms with Crippen LogP contribution in [0.4, 0.5) is 8.78 Å². The predicted octanol–water partition coefficient (Wildman–Crippen LogP) is 3.89. The number of piperidine rings is 1. The van der Waals surface area contributed by atoms with E-state index in [4.69, 9.17) is 4.74 Å². The second-order valence-electron chi connectivity index (χ2n) is 7.94. The Balaban J connectivity index is 1.33. The van der Waals surface area contributed by atoms with Gasteiger partial charge in [-0.3, -0.25) is 4.79 Å². The summed E-state index contributed by atoms with van der Waals surface area (Å²) in [5, 5.41) is 3.03. The van der Waals surface area contributed by atoms with Gasteiger partial charge in [-0.25, -0.2) is 8.78 Å². The van der Waals surface area contributed by atoms with Gasteiger partial charge in [-0.1, -0.05) is 0 Å². The average Bonchev–Trinajstić information content (AvgIpc) is 2.64. The van der Waals surface area contributed by atoms with Crippen molar-refractivity contribution in [2.75, 3.05) is 19.6 Å². The Kier molecular flexibility index (Phi) is 7.05. The first-order valence-corrected chi connectivity index (χ1v) is 10.1. The van der Waals surface area contributed by atoms with Gasteiger partial charge in [0.15, 0.2) is 11.6 Å². The van der Waals surface area contributed by atoms with Gasteiger partial charge in [0.25, 0.3) is 0 Å². The minimum absolute atomic E-state index is 0.00527. The highest BCUT2D eigenvalue weighted by molar-refractivity contribution is 5.73. The van der Waals surface area contributed by atoms with Crippen LogP contribution in [0.3, 0.4) is 0 Å². The van der Waals surface area contributed by atoms with Gasteiger partial charge < -0.3 is 15.0 Å². The number of hydrogen-bond donors (Lipinski definition) is 1. The van der Waals surface area contributed by atoms with E-state index in [9.17, 15) is 13.6 Å². The molecule has 1 aliphatic carbocycles. The molecule has 0 spiro atoms. The monoisotopic (exact) mass is 380 g/mol. The SMILES string of the molecule is CC(=O)N[C@H]1CC[C@H](CCN2CCC(Oc3ccc(F)cc3F)CC2)CC1. The van der Waals surface area contributed by atoms with Crippen molar-refractivity contribution in [2.24, 2.45) is 5.92 Å². The van der Waals surface area contributed by atoms with Gasteiger partial charge in [0.05, 0.1) is 0 Å². The number of ether oxygens (including phenoxy) is 1. The van der Waals surface area contributed by atoms with Crippen LogP contribution in [-0.2, 0) is 4.79 Å². The van der Waals surface area contributed by atoms with E-state index in [1.807, 2.05) is 0 Å². The smallest absolute Gasteiger partial charge is 0.217 e. The number of carbonyl (C=O) groups is 1. The Morgan fingerprint density at radius 1 is 1.15 bits per heavy atom. The molecule has 0 atom stereocenters. The van der Waals surface area contributed by atoms with Crippen LogP contribution in [0.5, 0.6) is 5.75 Å². The lowest BCUT2D eigenvalue weighted by Gasteiger charge is -2.34. The molecule has 4 nitrogen and oxygen atoms in total. The molecule has 1 N–H and O–H groups in total. The third kappa shape index (κ3) is 6.16. The molecule has 0 unspecified atom stereocenters. The highest BCUT2D eigenvalue weighted by Crippen LogP contribution is 2.28. The lowest BCUT2D eigenvalue weighted by atomic mass is 9.84. The summed E-state index contributed by atoms with van der Waals surface area (Å²) in [7, 11) is 0. The van der Waals surface area contributed by atoms with Gasteiger partial charge in [-0.15, -0.1) is 0 Å². The van der Waals surface area contributed by atoms with Gasteiger partial charge in [0, 0.05) is 32.1 Å². The number of rotatable bonds is 6. The lowest BCUT2D eigenvalue weighted by Crippen LogP contribution is -2.40. The van der Waals surface area contributed by atoms with Gasteiger partial charge in [0.2, 0.25) is 5.91 Å². The molecule has 150 valence electrons. The highest BCUT2D eigenvalue weighted by Gasteiger charge is 2.25. The first kappa shape index (κ1) is 20.1. The quantitative estimate of drug-likeness (QED) is 0.814. The fourth-order valence-corrected chi connectivity index (χ4v) is 4.25. The summed E-state index contributed by atoms with van der Waals surface area (Å²) >= 11 is 0. The van der Waals surface area contributed by atoms with E-state index in [1.54, 1.807) is 6.92 Å². The summed E-state index contributed by atoms with van der Waals surface area (Å²) in [5.41, 5.74) is 0. The zero-order valence-electron chi connectivity index (χ0n) is 16.1. The molecule has 0 radical (unpaired) electrons. The molecule has 2 aliphatic rings. The molecule has 1 aromatic carbocycles. The zero-order valence-corrected chi connectivity index (χ0v) is 16.1. The van der Waals surface area contributed by atoms with Gasteiger partial charge in [0.1, 0.15) is 11.9 Å². The van der Waals surface area contributed by atoms with E-state index in [0.717, 1.165) is 57.3 Å². The first-order valence-electron chi connectivity index (χ1n) is 10.1. The summed E-state index contributed by atoms with van der Waals surface area (Å²) in [5.74, 6) is -0.250. The molecule has 1 aliphatic heterocycles. The molecule has 1 amide bonds. The van der Waals surface area contributed by atoms with E-state index in [1.165, 1.54) is 31.4 Å². The number of nitrogens with one attached hydrogen (secondary N) is 1. The van der Waals surface area contributed by atoms with Crippen LogP contribution in [0.2, 0.25) is 0 Å². The summed E-state index contributed by atoms with van der Waals surface area (Å²) < 4.78 is 32.4. The van der Waals surface area contributed by atoms with Crippen molar-refractivity contribution >= 4 is 5.91 Å². The molecule has 1 saturated heterocycles. The van der Waals surface area contributed by atoms with Crippen molar-refractivity contribution in [1.29, 1.82) is 0 Å². The molecular formula is C21H30F2N2O2. The third-order valence-corrected chi connectivity index (χ3v) is 5.83. The molecule has 0 bridgehead atoms. The average molecular weight is 380 g/mol. The molecule has 2 fully saturated rings. The van der Waals surface area contributed by atoms with E-state index < -0.39 is 11.6 Å². The topological polar surface area (TPSA) is 41.6 Å². The van der Waals surface area contributed by atoms with E-state index in [0.29, 0.717) is 6.04 Å². The Morgan fingerprint density at radius 3 is 2.48 bits per heavy atom. The Morgan fingerprint density at radius 2 is 1.85 bits per heavy atom. The van der Waals surface area contributed by atoms with Crippen molar-refractivity contribution in [2.45, 2.75) is 64.0 Å². The number of halogens is 2. The highest BCUT2D eigenvalue weighted by atomic mass is 19.1. The van der Waals surface area contributed by atoms with Crippen LogP contribution >= 0.6 is 0 Å². The maximum Gasteiger partial charge on any atom is 0.217 e. The molecule has 1 aromatic rings. The first-order chi connectivity index (χ1) is 13.0. The molecular weight excluding hydrogens is 350 g/mol. The number of nitrogens with zero attached hydrogens (tertiary/aromatic N) is 1. The van der Waals surface area contributed by atoms with E-state index in [-0.39, 0.29) is 17.8 Å². The van der Waals surface area contributed by atoms with Crippen molar-refractivity contribution in [3.63, 3.8) is 0 Å². The molecule has 1 heterocycles. The van der Waals surface area contributed by atoms with Crippen molar-refractivity contribution in [3.8, 4) is 5.75 Å². The maximum absolute atomic E-state index is 13.7. The number of amides is 1. The van der Waals surface area contributed by atoms with E-state index in [2.05, 4.69) is 10.2 Å². The second-order valence-corrected chi connectivity index (χ2v) is 7.94. The minimum Gasteiger partial charge on any atom is -0.487 e. The predicted molar refractivity (Wildman–Crippen MR) is 101 cm³/mol. The van der Waals surface area contributed by atoms with Crippen molar-refractivity contribution in [3.05, 3.63) is 29.8 Å². The maximum atomic E-state index is 13.7. The standard InChI is InChI=1S/C21H30F2N2O2/c1-15(26)24-18-5-2-16(3-6-18)8-11-25-12-9-19(10-13-25)27-21-7-4-17(22)14-20(21)23/h4,7,14,16,18-19H,2-3,5-6,8-13H2,1H3,(H,24,26)/t16-,18-. The lowest BCUT2D eigenvalue weighted by molar-refractivity contribution is -0.119. The molecule has 0 aromatic heterocycles. The molecule has 6 heteroatoms. The zero-order chi connectivity index (χ0) is 19.2. The van der Waals surface area contributed by atoms with Gasteiger partial charge in [-0.05, 0) is 69.5 Å². The summed E-state index contributed by atoms with van der Waals surface area (Å²) in [6.07, 6.45) is 7.48. The fourth-order valence-electron chi connectivity index (χ4n) is 4.25. The fraction of sp³-hybridized carbons (Fsp3) is 0.667. The number of hydrogen-bond acceptors (Lipinski definition) is 3. The van der Waals surface area contributed by atoms with Gasteiger partial charge >= 0.3 is 0 Å². The Labute approximate surface area is 160 Å². The van der Waals surface area contributed by atoms with Gasteiger partial charge in [-0.2, -0.15) is 0 Å². The van der Waals surface area contributed by atoms with Crippen LogP contribution in [0.15, 0.2) is 18.2 Å².